The molecule has 0 aromatic carbocycles. The van der Waals surface area contributed by atoms with Crippen molar-refractivity contribution in [2.24, 2.45) is 46.8 Å². The van der Waals surface area contributed by atoms with Crippen molar-refractivity contribution < 1.29 is 4.74 Å². The summed E-state index contributed by atoms with van der Waals surface area (Å²) in [5.74, 6) is 9.59. The molecule has 4 aliphatic rings. The van der Waals surface area contributed by atoms with Gasteiger partial charge in [-0.25, -0.2) is 4.68 Å². The molecule has 1 aromatic heterocycles. The molecule has 4 aliphatic carbocycles. The van der Waals surface area contributed by atoms with Gasteiger partial charge in [-0.1, -0.05) is 12.8 Å². The van der Waals surface area contributed by atoms with Gasteiger partial charge >= 0.3 is 0 Å². The van der Waals surface area contributed by atoms with E-state index in [1.54, 1.807) is 6.20 Å². The highest BCUT2D eigenvalue weighted by molar-refractivity contribution is 5.49. The Morgan fingerprint density at radius 3 is 2.77 bits per heavy atom. The van der Waals surface area contributed by atoms with Gasteiger partial charge in [0.05, 0.1) is 11.8 Å². The van der Waals surface area contributed by atoms with E-state index in [4.69, 9.17) is 16.9 Å². The van der Waals surface area contributed by atoms with Crippen LogP contribution in [-0.2, 0) is 11.3 Å². The number of nitrogens with zero attached hydrogens (tertiary/aromatic N) is 2. The maximum absolute atomic E-state index is 6.26. The maximum Gasteiger partial charge on any atom is 0.137 e. The predicted molar refractivity (Wildman–Crippen MR) is 121 cm³/mol. The standard InChI is InChI=1S/C26H39N3O/c1-4-18-14-28-29(25(18)27)15-20-7-10-24-23-9-6-19-13-17(16-30-3)5-8-21(19)22(23)11-12-26(20,24)2/h1,14,17,19-24H,5-13,15-16,27H2,2-3H3. The highest BCUT2D eigenvalue weighted by atomic mass is 16.5. The Morgan fingerprint density at radius 2 is 2.00 bits per heavy atom. The van der Waals surface area contributed by atoms with Crippen LogP contribution in [-0.4, -0.2) is 23.5 Å². The zero-order valence-electron chi connectivity index (χ0n) is 18.9. The first kappa shape index (κ1) is 20.4. The van der Waals surface area contributed by atoms with E-state index >= 15 is 0 Å². The minimum atomic E-state index is 0.440. The molecular formula is C26H39N3O. The number of nitrogen functional groups attached to an aromatic ring is 1. The minimum absolute atomic E-state index is 0.440. The number of methoxy groups -OCH3 is 1. The number of ether oxygens (including phenoxy) is 1. The molecule has 30 heavy (non-hydrogen) atoms. The fourth-order valence-corrected chi connectivity index (χ4v) is 8.61. The normalized spacial score (nSPS) is 42.8. The molecule has 4 heteroatoms. The van der Waals surface area contributed by atoms with Crippen molar-refractivity contribution in [3.63, 3.8) is 0 Å². The first-order valence-corrected chi connectivity index (χ1v) is 12.3. The second-order valence-electron chi connectivity index (χ2n) is 11.2. The van der Waals surface area contributed by atoms with Gasteiger partial charge in [-0.3, -0.25) is 0 Å². The Hall–Kier alpha value is -1.47. The molecule has 1 aromatic rings. The molecule has 8 unspecified atom stereocenters. The fourth-order valence-electron chi connectivity index (χ4n) is 8.61. The Labute approximate surface area is 182 Å². The van der Waals surface area contributed by atoms with Crippen molar-refractivity contribution in [2.75, 3.05) is 19.5 Å². The highest BCUT2D eigenvalue weighted by Crippen LogP contribution is 2.64. The second kappa shape index (κ2) is 7.90. The van der Waals surface area contributed by atoms with Gasteiger partial charge in [0.1, 0.15) is 5.82 Å². The van der Waals surface area contributed by atoms with Crippen LogP contribution >= 0.6 is 0 Å². The third kappa shape index (κ3) is 3.20. The summed E-state index contributed by atoms with van der Waals surface area (Å²) in [6.45, 7) is 4.50. The summed E-state index contributed by atoms with van der Waals surface area (Å²) in [5, 5.41) is 4.52. The number of terminal acetylenes is 1. The van der Waals surface area contributed by atoms with Gasteiger partial charge in [0.15, 0.2) is 0 Å². The van der Waals surface area contributed by atoms with Gasteiger partial charge < -0.3 is 10.5 Å². The summed E-state index contributed by atoms with van der Waals surface area (Å²) >= 11 is 0. The van der Waals surface area contributed by atoms with Crippen molar-refractivity contribution in [1.82, 2.24) is 9.78 Å². The van der Waals surface area contributed by atoms with Crippen LogP contribution in [0, 0.1) is 59.2 Å². The van der Waals surface area contributed by atoms with E-state index in [1.165, 1.54) is 57.8 Å². The fraction of sp³-hybridized carbons (Fsp3) is 0.808. The van der Waals surface area contributed by atoms with Gasteiger partial charge in [-0.05, 0) is 105 Å². The lowest BCUT2D eigenvalue weighted by atomic mass is 9.49. The van der Waals surface area contributed by atoms with Gasteiger partial charge in [0.25, 0.3) is 0 Å². The third-order valence-corrected chi connectivity index (χ3v) is 10.1. The average Bonchev–Trinajstić information content (AvgIpc) is 3.27. The lowest BCUT2D eigenvalue weighted by Gasteiger charge is -2.56. The van der Waals surface area contributed by atoms with Crippen molar-refractivity contribution in [1.29, 1.82) is 0 Å². The van der Waals surface area contributed by atoms with E-state index in [9.17, 15) is 0 Å². The first-order chi connectivity index (χ1) is 14.5. The van der Waals surface area contributed by atoms with E-state index in [0.717, 1.165) is 54.2 Å². The van der Waals surface area contributed by atoms with E-state index in [0.29, 0.717) is 17.2 Å². The maximum atomic E-state index is 6.26. The molecule has 0 radical (unpaired) electrons. The molecular weight excluding hydrogens is 370 g/mol. The van der Waals surface area contributed by atoms with E-state index < -0.39 is 0 Å². The average molecular weight is 410 g/mol. The van der Waals surface area contributed by atoms with Crippen LogP contribution in [0.3, 0.4) is 0 Å². The molecule has 164 valence electrons. The van der Waals surface area contributed by atoms with Crippen molar-refractivity contribution in [3.05, 3.63) is 11.8 Å². The monoisotopic (exact) mass is 409 g/mol. The number of fused-ring (bicyclic) bond motifs is 5. The van der Waals surface area contributed by atoms with Crippen molar-refractivity contribution in [2.45, 2.75) is 71.3 Å². The van der Waals surface area contributed by atoms with Crippen LogP contribution in [0.5, 0.6) is 0 Å². The summed E-state index contributed by atoms with van der Waals surface area (Å²) in [6, 6.07) is 0. The summed E-state index contributed by atoms with van der Waals surface area (Å²) < 4.78 is 7.47. The molecule has 4 fully saturated rings. The number of rotatable bonds is 4. The lowest BCUT2D eigenvalue weighted by molar-refractivity contribution is -0.0733. The largest absolute Gasteiger partial charge is 0.384 e. The van der Waals surface area contributed by atoms with Gasteiger partial charge in [-0.15, -0.1) is 6.42 Å². The molecule has 0 aliphatic heterocycles. The summed E-state index contributed by atoms with van der Waals surface area (Å²) in [5.41, 5.74) is 7.44. The summed E-state index contributed by atoms with van der Waals surface area (Å²) in [7, 11) is 1.87. The van der Waals surface area contributed by atoms with Crippen LogP contribution in [0.15, 0.2) is 6.20 Å². The van der Waals surface area contributed by atoms with E-state index in [-0.39, 0.29) is 0 Å². The molecule has 2 N–H and O–H groups in total. The predicted octanol–water partition coefficient (Wildman–Crippen LogP) is 4.98. The van der Waals surface area contributed by atoms with Crippen LogP contribution < -0.4 is 5.73 Å². The first-order valence-electron chi connectivity index (χ1n) is 12.3. The quantitative estimate of drug-likeness (QED) is 0.714. The van der Waals surface area contributed by atoms with Crippen LogP contribution in [0.1, 0.15) is 70.3 Å². The number of nitrogens with two attached hydrogens (primary N) is 1. The number of hydrogen-bond acceptors (Lipinski definition) is 3. The Kier molecular flexibility index (Phi) is 5.38. The van der Waals surface area contributed by atoms with Crippen molar-refractivity contribution in [3.8, 4) is 12.3 Å². The molecule has 0 amide bonds. The summed E-state index contributed by atoms with van der Waals surface area (Å²) in [6.07, 6.45) is 20.0. The Morgan fingerprint density at radius 1 is 1.17 bits per heavy atom. The SMILES string of the molecule is C#Cc1cnn(CC2CCC3C4CCC5CC(COC)CCC5C4CCC23C)c1N. The molecule has 4 saturated carbocycles. The number of aromatic nitrogens is 2. The van der Waals surface area contributed by atoms with Gasteiger partial charge in [0.2, 0.25) is 0 Å². The van der Waals surface area contributed by atoms with Gasteiger partial charge in [-0.2, -0.15) is 5.10 Å². The van der Waals surface area contributed by atoms with Crippen LogP contribution in [0.25, 0.3) is 0 Å². The minimum Gasteiger partial charge on any atom is -0.384 e. The van der Waals surface area contributed by atoms with Crippen LogP contribution in [0.2, 0.25) is 0 Å². The van der Waals surface area contributed by atoms with E-state index in [2.05, 4.69) is 17.9 Å². The molecule has 1 heterocycles. The molecule has 5 rings (SSSR count). The topological polar surface area (TPSA) is 53.1 Å². The second-order valence-corrected chi connectivity index (χ2v) is 11.2. The number of anilines is 1. The molecule has 8 atom stereocenters. The Balaban J connectivity index is 1.30. The molecule has 0 spiro atoms. The molecule has 0 bridgehead atoms. The van der Waals surface area contributed by atoms with E-state index in [1.807, 2.05) is 11.8 Å². The zero-order chi connectivity index (χ0) is 20.9. The summed E-state index contributed by atoms with van der Waals surface area (Å²) in [4.78, 5) is 0. The molecule has 0 saturated heterocycles. The lowest BCUT2D eigenvalue weighted by Crippen LogP contribution is -2.49. The zero-order valence-corrected chi connectivity index (χ0v) is 18.9. The number of hydrogen-bond donors (Lipinski definition) is 1. The highest BCUT2D eigenvalue weighted by Gasteiger charge is 2.56. The van der Waals surface area contributed by atoms with Crippen LogP contribution in [0.4, 0.5) is 5.82 Å². The smallest absolute Gasteiger partial charge is 0.137 e. The molecule has 4 nitrogen and oxygen atoms in total. The van der Waals surface area contributed by atoms with Gasteiger partial charge in [0, 0.05) is 20.3 Å². The Bertz CT molecular complexity index is 810. The van der Waals surface area contributed by atoms with Crippen molar-refractivity contribution >= 4 is 5.82 Å². The third-order valence-electron chi connectivity index (χ3n) is 10.1.